The van der Waals surface area contributed by atoms with Crippen LogP contribution in [-0.2, 0) is 19.7 Å². The van der Waals surface area contributed by atoms with E-state index in [0.29, 0.717) is 0 Å². The second-order valence-electron chi connectivity index (χ2n) is 11.3. The summed E-state index contributed by atoms with van der Waals surface area (Å²) in [5.41, 5.74) is 4.94. The van der Waals surface area contributed by atoms with E-state index in [2.05, 4.69) is 20.8 Å². The number of hydrogen-bond acceptors (Lipinski definition) is 4. The second-order valence-corrected chi connectivity index (χ2v) is 15.5. The molecule has 0 saturated carbocycles. The van der Waals surface area contributed by atoms with Crippen molar-refractivity contribution in [1.29, 1.82) is 0 Å². The fourth-order valence-electron chi connectivity index (χ4n) is 5.37. The number of rotatable bonds is 11. The van der Waals surface area contributed by atoms with E-state index in [9.17, 15) is 16.8 Å². The molecule has 0 radical (unpaired) electrons. The van der Waals surface area contributed by atoms with Crippen molar-refractivity contribution in [2.45, 2.75) is 88.2 Å². The second kappa shape index (κ2) is 12.6. The van der Waals surface area contributed by atoms with Crippen molar-refractivity contribution in [3.05, 3.63) is 95.1 Å². The summed E-state index contributed by atoms with van der Waals surface area (Å²) >= 11 is 0. The summed E-state index contributed by atoms with van der Waals surface area (Å²) in [6.07, 6.45) is 9.07. The molecule has 0 spiro atoms. The van der Waals surface area contributed by atoms with E-state index in [0.717, 1.165) is 30.4 Å². The van der Waals surface area contributed by atoms with Gasteiger partial charge < -0.3 is 0 Å². The lowest BCUT2D eigenvalue weighted by atomic mass is 9.71. The molecule has 0 N–H and O–H groups in total. The Kier molecular flexibility index (Phi) is 9.99. The highest BCUT2D eigenvalue weighted by Gasteiger charge is 2.29. The number of sulfone groups is 2. The van der Waals surface area contributed by atoms with Crippen LogP contribution in [0.15, 0.2) is 105 Å². The Labute approximate surface area is 230 Å². The van der Waals surface area contributed by atoms with Crippen LogP contribution in [0.5, 0.6) is 0 Å². The molecular weight excluding hydrogens is 512 g/mol. The molecule has 0 heterocycles. The molecule has 0 saturated heterocycles. The van der Waals surface area contributed by atoms with Crippen LogP contribution in [0.2, 0.25) is 0 Å². The molecular formula is C32H42O4S2. The highest BCUT2D eigenvalue weighted by Crippen LogP contribution is 2.42. The molecule has 206 valence electrons. The fraction of sp³-hybridized carbons (Fsp3) is 0.438. The quantitative estimate of drug-likeness (QED) is 0.265. The van der Waals surface area contributed by atoms with E-state index in [1.165, 1.54) is 24.0 Å². The van der Waals surface area contributed by atoms with Gasteiger partial charge in [-0.3, -0.25) is 0 Å². The van der Waals surface area contributed by atoms with Gasteiger partial charge in [0.25, 0.3) is 0 Å². The van der Waals surface area contributed by atoms with Crippen LogP contribution in [0, 0.1) is 5.41 Å². The van der Waals surface area contributed by atoms with E-state index in [1.807, 2.05) is 19.9 Å². The normalized spacial score (nSPS) is 17.9. The lowest BCUT2D eigenvalue weighted by Gasteiger charge is -2.35. The Morgan fingerprint density at radius 3 is 2.05 bits per heavy atom. The van der Waals surface area contributed by atoms with Gasteiger partial charge in [-0.15, -0.1) is 0 Å². The van der Waals surface area contributed by atoms with Gasteiger partial charge in [0.1, 0.15) is 0 Å². The highest BCUT2D eigenvalue weighted by atomic mass is 32.2. The molecule has 0 fully saturated rings. The first-order valence-electron chi connectivity index (χ1n) is 13.4. The molecule has 6 heteroatoms. The zero-order valence-electron chi connectivity index (χ0n) is 23.4. The van der Waals surface area contributed by atoms with Gasteiger partial charge >= 0.3 is 0 Å². The van der Waals surface area contributed by atoms with Gasteiger partial charge in [-0.1, -0.05) is 84.7 Å². The van der Waals surface area contributed by atoms with E-state index >= 15 is 0 Å². The number of allylic oxidation sites excluding steroid dienone is 4. The molecule has 1 aliphatic carbocycles. The molecule has 38 heavy (non-hydrogen) atoms. The summed E-state index contributed by atoms with van der Waals surface area (Å²) in [7, 11) is -7.14. The molecule has 4 nitrogen and oxygen atoms in total. The Hall–Kier alpha value is -2.44. The van der Waals surface area contributed by atoms with E-state index in [4.69, 9.17) is 0 Å². The third kappa shape index (κ3) is 7.79. The average molecular weight is 555 g/mol. The lowest BCUT2D eigenvalue weighted by Crippen LogP contribution is -2.21. The minimum Gasteiger partial charge on any atom is -0.223 e. The van der Waals surface area contributed by atoms with Gasteiger partial charge in [-0.2, -0.15) is 0 Å². The van der Waals surface area contributed by atoms with Gasteiger partial charge in [-0.05, 0) is 89.0 Å². The van der Waals surface area contributed by atoms with Crippen LogP contribution in [0.3, 0.4) is 0 Å². The summed E-state index contributed by atoms with van der Waals surface area (Å²) in [4.78, 5) is 0.550. The van der Waals surface area contributed by atoms with Crippen LogP contribution >= 0.6 is 0 Å². The molecule has 1 aliphatic rings. The van der Waals surface area contributed by atoms with Gasteiger partial charge in [-0.25, -0.2) is 16.8 Å². The summed E-state index contributed by atoms with van der Waals surface area (Å²) < 4.78 is 52.9. The van der Waals surface area contributed by atoms with E-state index < -0.39 is 24.9 Å². The van der Waals surface area contributed by atoms with Crippen LogP contribution < -0.4 is 0 Å². The van der Waals surface area contributed by atoms with Gasteiger partial charge in [0, 0.05) is 0 Å². The first kappa shape index (κ1) is 30.1. The van der Waals surface area contributed by atoms with Crippen molar-refractivity contribution in [2.24, 2.45) is 5.41 Å². The molecule has 1 unspecified atom stereocenters. The molecule has 0 aromatic heterocycles. The molecule has 2 aromatic rings. The smallest absolute Gasteiger partial charge is 0.185 e. The van der Waals surface area contributed by atoms with Crippen molar-refractivity contribution in [3.8, 4) is 0 Å². The molecule has 0 aliphatic heterocycles. The van der Waals surface area contributed by atoms with Gasteiger partial charge in [0.15, 0.2) is 19.7 Å². The third-order valence-corrected chi connectivity index (χ3v) is 11.3. The van der Waals surface area contributed by atoms with Crippen LogP contribution in [0.25, 0.3) is 0 Å². The largest absolute Gasteiger partial charge is 0.223 e. The fourth-order valence-corrected chi connectivity index (χ4v) is 8.42. The number of benzene rings is 2. The third-order valence-electron chi connectivity index (χ3n) is 7.67. The Bertz CT molecular complexity index is 1400. The number of hydrogen-bond donors (Lipinski definition) is 0. The van der Waals surface area contributed by atoms with E-state index in [-0.39, 0.29) is 27.4 Å². The summed E-state index contributed by atoms with van der Waals surface area (Å²) in [5.74, 6) is -0.161. The van der Waals surface area contributed by atoms with Crippen molar-refractivity contribution >= 4 is 19.7 Å². The molecule has 0 amide bonds. The highest BCUT2D eigenvalue weighted by molar-refractivity contribution is 7.92. The van der Waals surface area contributed by atoms with Crippen LogP contribution in [-0.4, -0.2) is 27.8 Å². The van der Waals surface area contributed by atoms with Crippen molar-refractivity contribution in [3.63, 3.8) is 0 Å². The monoisotopic (exact) mass is 554 g/mol. The van der Waals surface area contributed by atoms with E-state index in [1.54, 1.807) is 66.7 Å². The van der Waals surface area contributed by atoms with Gasteiger partial charge in [0.2, 0.25) is 0 Å². The van der Waals surface area contributed by atoms with Crippen molar-refractivity contribution < 1.29 is 16.8 Å². The minimum absolute atomic E-state index is 0.161. The topological polar surface area (TPSA) is 68.3 Å². The maximum Gasteiger partial charge on any atom is 0.185 e. The summed E-state index contributed by atoms with van der Waals surface area (Å²) in [6.45, 7) is 10.7. The Morgan fingerprint density at radius 2 is 1.47 bits per heavy atom. The Balaban J connectivity index is 1.85. The van der Waals surface area contributed by atoms with Gasteiger partial charge in [0.05, 0.1) is 20.8 Å². The predicted molar refractivity (Wildman–Crippen MR) is 158 cm³/mol. The molecule has 0 bridgehead atoms. The average Bonchev–Trinajstić information content (AvgIpc) is 2.87. The summed E-state index contributed by atoms with van der Waals surface area (Å²) in [5, 5.41) is -0.768. The zero-order chi connectivity index (χ0) is 28.0. The first-order chi connectivity index (χ1) is 17.8. The zero-order valence-corrected chi connectivity index (χ0v) is 25.0. The maximum absolute atomic E-state index is 13.7. The summed E-state index contributed by atoms with van der Waals surface area (Å²) in [6, 6.07) is 16.9. The molecule has 3 rings (SSSR count). The molecule has 2 aromatic carbocycles. The van der Waals surface area contributed by atoms with Crippen molar-refractivity contribution in [2.75, 3.05) is 5.75 Å². The van der Waals surface area contributed by atoms with Crippen LogP contribution in [0.1, 0.15) is 73.1 Å². The lowest BCUT2D eigenvalue weighted by molar-refractivity contribution is 0.354. The minimum atomic E-state index is -3.65. The molecule has 1 atom stereocenters. The Morgan fingerprint density at radius 1 is 0.895 bits per heavy atom. The standard InChI is InChI=1S/C32H42O4S2/c1-25(18-19-31-27(3)13-12-21-32(31,4)5)23-30(38(35,36)29-16-10-7-11-17-29)24-26(2)20-22-37(33,34)28-14-8-6-9-15-28/h6-11,14-17,20,23,30H,12-13,18-19,21-22,24H2,1-5H3/b25-23+,26-20+. The SMILES string of the molecule is CC1=C(CC/C(C)=C/C(C/C(C)=C/CS(=O)(=O)c2ccccc2)S(=O)(=O)c2ccccc2)C(C)(C)CCC1. The maximum atomic E-state index is 13.7. The first-order valence-corrected chi connectivity index (χ1v) is 16.6. The van der Waals surface area contributed by atoms with Crippen molar-refractivity contribution in [1.82, 2.24) is 0 Å². The predicted octanol–water partition coefficient (Wildman–Crippen LogP) is 7.89. The van der Waals surface area contributed by atoms with Crippen LogP contribution in [0.4, 0.5) is 0 Å².